The van der Waals surface area contributed by atoms with Crippen molar-refractivity contribution in [3.8, 4) is 17.1 Å². The lowest BCUT2D eigenvalue weighted by Gasteiger charge is -2.11. The van der Waals surface area contributed by atoms with E-state index in [1.165, 1.54) is 6.21 Å². The summed E-state index contributed by atoms with van der Waals surface area (Å²) in [5, 5.41) is 13.5. The molecule has 0 bridgehead atoms. The van der Waals surface area contributed by atoms with E-state index in [1.807, 2.05) is 51.1 Å². The van der Waals surface area contributed by atoms with Gasteiger partial charge in [0.1, 0.15) is 11.6 Å². The molecule has 0 unspecified atom stereocenters. The van der Waals surface area contributed by atoms with Crippen molar-refractivity contribution in [2.75, 3.05) is 11.9 Å². The van der Waals surface area contributed by atoms with E-state index in [0.29, 0.717) is 17.4 Å². The van der Waals surface area contributed by atoms with Crippen molar-refractivity contribution < 1.29 is 9.53 Å². The van der Waals surface area contributed by atoms with Crippen LogP contribution >= 0.6 is 0 Å². The van der Waals surface area contributed by atoms with Crippen LogP contribution in [-0.4, -0.2) is 34.7 Å². The van der Waals surface area contributed by atoms with E-state index < -0.39 is 0 Å². The fourth-order valence-electron chi connectivity index (χ4n) is 2.83. The summed E-state index contributed by atoms with van der Waals surface area (Å²) in [5.74, 6) is 1.58. The van der Waals surface area contributed by atoms with Gasteiger partial charge in [0.05, 0.1) is 0 Å². The molecule has 0 radical (unpaired) electrons. The van der Waals surface area contributed by atoms with Gasteiger partial charge < -0.3 is 20.8 Å². The molecule has 3 N–H and O–H groups in total. The van der Waals surface area contributed by atoms with E-state index in [2.05, 4.69) is 20.6 Å². The van der Waals surface area contributed by atoms with Crippen LogP contribution in [0.2, 0.25) is 0 Å². The van der Waals surface area contributed by atoms with Gasteiger partial charge in [-0.2, -0.15) is 0 Å². The summed E-state index contributed by atoms with van der Waals surface area (Å²) in [6.07, 6.45) is 3.01. The second-order valence-corrected chi connectivity index (χ2v) is 7.14. The average Bonchev–Trinajstić information content (AvgIpc) is 2.73. The van der Waals surface area contributed by atoms with Gasteiger partial charge in [0.15, 0.2) is 12.4 Å². The van der Waals surface area contributed by atoms with Crippen LogP contribution in [0.5, 0.6) is 5.75 Å². The number of nitrogens with zero attached hydrogens (tertiary/aromatic N) is 2. The van der Waals surface area contributed by atoms with E-state index in [4.69, 9.17) is 10.1 Å². The van der Waals surface area contributed by atoms with Crippen molar-refractivity contribution in [2.24, 2.45) is 0 Å². The zero-order valence-corrected chi connectivity index (χ0v) is 17.3. The lowest BCUT2D eigenvalue weighted by molar-refractivity contribution is -0.123. The van der Waals surface area contributed by atoms with Gasteiger partial charge in [0.25, 0.3) is 5.91 Å². The molecule has 3 rings (SSSR count). The molecule has 30 heavy (non-hydrogen) atoms. The molecule has 1 aromatic heterocycles. The minimum Gasteiger partial charge on any atom is -0.484 e. The van der Waals surface area contributed by atoms with Gasteiger partial charge in [0, 0.05) is 29.7 Å². The monoisotopic (exact) mass is 403 g/mol. The first kappa shape index (κ1) is 21.0. The molecule has 3 aromatic rings. The van der Waals surface area contributed by atoms with E-state index in [1.54, 1.807) is 24.4 Å². The quantitative estimate of drug-likeness (QED) is 0.492. The molecule has 0 fully saturated rings. The Morgan fingerprint density at radius 1 is 1.20 bits per heavy atom. The first-order valence-corrected chi connectivity index (χ1v) is 9.68. The molecular formula is C23H25N5O2. The number of carbonyl (C=O) groups is 1. The zero-order chi connectivity index (χ0) is 21.5. The molecule has 1 amide bonds. The smallest absolute Gasteiger partial charge is 0.258 e. The van der Waals surface area contributed by atoms with Crippen molar-refractivity contribution in [1.82, 2.24) is 15.3 Å². The molecule has 2 aromatic carbocycles. The van der Waals surface area contributed by atoms with Gasteiger partial charge in [-0.25, -0.2) is 9.97 Å². The maximum atomic E-state index is 11.8. The Kier molecular flexibility index (Phi) is 6.75. The molecule has 1 heterocycles. The number of carbonyl (C=O) groups excluding carboxylic acids is 1. The third-order valence-electron chi connectivity index (χ3n) is 4.27. The Labute approximate surface area is 176 Å². The van der Waals surface area contributed by atoms with Crippen LogP contribution in [0.3, 0.4) is 0 Å². The van der Waals surface area contributed by atoms with Crippen molar-refractivity contribution >= 4 is 23.6 Å². The molecule has 0 aliphatic heterocycles. The molecule has 7 heteroatoms. The third-order valence-corrected chi connectivity index (χ3v) is 4.27. The molecule has 0 saturated heterocycles. The first-order valence-electron chi connectivity index (χ1n) is 9.68. The number of ether oxygens (including phenoxy) is 1. The van der Waals surface area contributed by atoms with E-state index in [9.17, 15) is 4.79 Å². The van der Waals surface area contributed by atoms with Crippen molar-refractivity contribution in [1.29, 1.82) is 5.41 Å². The second-order valence-electron chi connectivity index (χ2n) is 7.14. The second kappa shape index (κ2) is 9.65. The Morgan fingerprint density at radius 3 is 2.80 bits per heavy atom. The first-order chi connectivity index (χ1) is 14.4. The summed E-state index contributed by atoms with van der Waals surface area (Å²) in [6.45, 7) is 5.72. The number of aryl methyl sites for hydroxylation is 1. The highest BCUT2D eigenvalue weighted by Crippen LogP contribution is 2.23. The summed E-state index contributed by atoms with van der Waals surface area (Å²) in [4.78, 5) is 20.7. The number of aromatic nitrogens is 2. The number of rotatable bonds is 8. The van der Waals surface area contributed by atoms with Crippen molar-refractivity contribution in [3.63, 3.8) is 0 Å². The summed E-state index contributed by atoms with van der Waals surface area (Å²) >= 11 is 0. The average molecular weight is 403 g/mol. The van der Waals surface area contributed by atoms with Gasteiger partial charge in [-0.3, -0.25) is 4.79 Å². The summed E-state index contributed by atoms with van der Waals surface area (Å²) < 4.78 is 5.59. The maximum absolute atomic E-state index is 11.8. The van der Waals surface area contributed by atoms with Crippen LogP contribution in [0.1, 0.15) is 25.0 Å². The number of nitrogens with one attached hydrogen (secondary N) is 3. The Bertz CT molecular complexity index is 1050. The lowest BCUT2D eigenvalue weighted by atomic mass is 10.1. The van der Waals surface area contributed by atoms with Gasteiger partial charge in [-0.15, -0.1) is 0 Å². The summed E-state index contributed by atoms with van der Waals surface area (Å²) in [5.41, 5.74) is 3.51. The van der Waals surface area contributed by atoms with Gasteiger partial charge in [-0.1, -0.05) is 18.2 Å². The molecule has 154 valence electrons. The fraction of sp³-hybridized carbons (Fsp3) is 0.217. The number of amides is 1. The van der Waals surface area contributed by atoms with Crippen LogP contribution in [0, 0.1) is 12.3 Å². The lowest BCUT2D eigenvalue weighted by Crippen LogP contribution is -2.34. The SMILES string of the molecule is Cc1ccc(Nc2ccnc(-c3cccc(OCC(=O)NC(C)C)c3)n2)cc1C=N. The van der Waals surface area contributed by atoms with Crippen LogP contribution in [-0.2, 0) is 4.79 Å². The highest BCUT2D eigenvalue weighted by molar-refractivity contribution is 5.81. The number of benzene rings is 2. The third kappa shape index (κ3) is 5.64. The standard InChI is InChI=1S/C23H25N5O2/c1-15(2)26-22(29)14-30-20-6-4-5-17(12-20)23-25-10-9-21(28-23)27-19-8-7-16(3)18(11-19)13-24/h4-13,15,24H,14H2,1-3H3,(H,26,29)(H,25,27,28). The van der Waals surface area contributed by atoms with Gasteiger partial charge in [-0.05, 0) is 62.2 Å². The topological polar surface area (TPSA) is 100.0 Å². The van der Waals surface area contributed by atoms with Gasteiger partial charge >= 0.3 is 0 Å². The van der Waals surface area contributed by atoms with Crippen LogP contribution < -0.4 is 15.4 Å². The Hall–Kier alpha value is -3.74. The molecule has 7 nitrogen and oxygen atoms in total. The van der Waals surface area contributed by atoms with Crippen molar-refractivity contribution in [2.45, 2.75) is 26.8 Å². The zero-order valence-electron chi connectivity index (χ0n) is 17.3. The normalized spacial score (nSPS) is 10.5. The Balaban J connectivity index is 1.74. The predicted molar refractivity (Wildman–Crippen MR) is 119 cm³/mol. The van der Waals surface area contributed by atoms with E-state index >= 15 is 0 Å². The number of hydrogen-bond acceptors (Lipinski definition) is 6. The van der Waals surface area contributed by atoms with E-state index in [-0.39, 0.29) is 18.6 Å². The van der Waals surface area contributed by atoms with E-state index in [0.717, 1.165) is 22.4 Å². The largest absolute Gasteiger partial charge is 0.484 e. The summed E-state index contributed by atoms with van der Waals surface area (Å²) in [7, 11) is 0. The van der Waals surface area contributed by atoms with Crippen LogP contribution in [0.15, 0.2) is 54.7 Å². The molecule has 0 atom stereocenters. The maximum Gasteiger partial charge on any atom is 0.258 e. The van der Waals surface area contributed by atoms with Gasteiger partial charge in [0.2, 0.25) is 0 Å². The van der Waals surface area contributed by atoms with Crippen LogP contribution in [0.4, 0.5) is 11.5 Å². The number of hydrogen-bond donors (Lipinski definition) is 3. The highest BCUT2D eigenvalue weighted by Gasteiger charge is 2.08. The Morgan fingerprint density at radius 2 is 2.03 bits per heavy atom. The molecule has 0 aliphatic carbocycles. The molecule has 0 saturated carbocycles. The molecular weight excluding hydrogens is 378 g/mol. The minimum absolute atomic E-state index is 0.0487. The van der Waals surface area contributed by atoms with Crippen LogP contribution in [0.25, 0.3) is 11.4 Å². The predicted octanol–water partition coefficient (Wildman–Crippen LogP) is 4.10. The van der Waals surface area contributed by atoms with Crippen molar-refractivity contribution in [3.05, 3.63) is 65.9 Å². The number of anilines is 2. The summed E-state index contributed by atoms with van der Waals surface area (Å²) in [6, 6.07) is 15.0. The highest BCUT2D eigenvalue weighted by atomic mass is 16.5. The minimum atomic E-state index is -0.166. The molecule has 0 aliphatic rings. The fourth-order valence-corrected chi connectivity index (χ4v) is 2.83. The molecule has 0 spiro atoms.